The highest BCUT2D eigenvalue weighted by molar-refractivity contribution is 7.12. The van der Waals surface area contributed by atoms with Crippen molar-refractivity contribution in [2.24, 2.45) is 5.92 Å². The zero-order chi connectivity index (χ0) is 16.8. The molecule has 3 nitrogen and oxygen atoms in total. The molecule has 1 heterocycles. The van der Waals surface area contributed by atoms with Crippen LogP contribution in [0.5, 0.6) is 0 Å². The van der Waals surface area contributed by atoms with Gasteiger partial charge in [0.15, 0.2) is 5.78 Å². The summed E-state index contributed by atoms with van der Waals surface area (Å²) in [6, 6.07) is 13.8. The minimum Gasteiger partial charge on any atom is -0.338 e. The molecule has 0 saturated heterocycles. The predicted octanol–water partition coefficient (Wildman–Crippen LogP) is 4.54. The first kappa shape index (κ1) is 16.9. The Morgan fingerprint density at radius 1 is 1.04 bits per heavy atom. The van der Waals surface area contributed by atoms with Crippen molar-refractivity contribution < 1.29 is 9.59 Å². The summed E-state index contributed by atoms with van der Waals surface area (Å²) >= 11 is 1.44. The third-order valence-corrected chi connectivity index (χ3v) is 5.55. The summed E-state index contributed by atoms with van der Waals surface area (Å²) in [6.07, 6.45) is 4.31. The molecule has 0 N–H and O–H groups in total. The molecule has 1 saturated carbocycles. The Morgan fingerprint density at radius 3 is 2.46 bits per heavy atom. The number of benzene rings is 1. The average molecular weight is 341 g/mol. The molecule has 1 aliphatic rings. The van der Waals surface area contributed by atoms with Crippen LogP contribution in [0.15, 0.2) is 47.8 Å². The monoisotopic (exact) mass is 341 g/mol. The number of carbonyl (C=O) groups excluding carboxylic acids is 2. The topological polar surface area (TPSA) is 37.4 Å². The van der Waals surface area contributed by atoms with Crippen molar-refractivity contribution in [1.29, 1.82) is 0 Å². The molecular weight excluding hydrogens is 318 g/mol. The molecule has 1 amide bonds. The Balaban J connectivity index is 1.58. The number of amides is 1. The van der Waals surface area contributed by atoms with Crippen LogP contribution in [0.4, 0.5) is 0 Å². The summed E-state index contributed by atoms with van der Waals surface area (Å²) in [4.78, 5) is 27.5. The van der Waals surface area contributed by atoms with Crippen LogP contribution in [-0.2, 0) is 11.3 Å². The molecule has 126 valence electrons. The second kappa shape index (κ2) is 8.25. The standard InChI is InChI=1S/C20H23NO2S/c22-18(19-10-5-13-24-19)11-12-20(23)21(15-17-8-4-9-17)14-16-6-2-1-3-7-16/h1-3,5-7,10,13,17H,4,8-9,11-12,14-15H2. The fourth-order valence-electron chi connectivity index (χ4n) is 2.98. The van der Waals surface area contributed by atoms with Gasteiger partial charge >= 0.3 is 0 Å². The molecule has 4 heteroatoms. The van der Waals surface area contributed by atoms with Gasteiger partial charge in [0.25, 0.3) is 0 Å². The van der Waals surface area contributed by atoms with E-state index in [4.69, 9.17) is 0 Å². The van der Waals surface area contributed by atoms with E-state index in [1.807, 2.05) is 40.6 Å². The number of rotatable bonds is 8. The minimum absolute atomic E-state index is 0.0710. The smallest absolute Gasteiger partial charge is 0.223 e. The third kappa shape index (κ3) is 4.54. The van der Waals surface area contributed by atoms with Crippen LogP contribution >= 0.6 is 11.3 Å². The largest absolute Gasteiger partial charge is 0.338 e. The Hall–Kier alpha value is -1.94. The van der Waals surface area contributed by atoms with Crippen LogP contribution in [0.2, 0.25) is 0 Å². The van der Waals surface area contributed by atoms with Gasteiger partial charge in [-0.05, 0) is 35.8 Å². The summed E-state index contributed by atoms with van der Waals surface area (Å²) in [5, 5.41) is 1.90. The lowest BCUT2D eigenvalue weighted by molar-refractivity contribution is -0.132. The molecule has 0 aliphatic heterocycles. The van der Waals surface area contributed by atoms with Crippen LogP contribution in [0.1, 0.15) is 47.3 Å². The first-order valence-corrected chi connectivity index (χ1v) is 9.49. The van der Waals surface area contributed by atoms with Gasteiger partial charge < -0.3 is 4.90 Å². The number of hydrogen-bond acceptors (Lipinski definition) is 3. The Labute approximate surface area is 147 Å². The van der Waals surface area contributed by atoms with Crippen LogP contribution in [0.25, 0.3) is 0 Å². The Kier molecular flexibility index (Phi) is 5.81. The lowest BCUT2D eigenvalue weighted by Gasteiger charge is -2.32. The fourth-order valence-corrected chi connectivity index (χ4v) is 3.68. The first-order chi connectivity index (χ1) is 11.7. The molecule has 1 fully saturated rings. The quantitative estimate of drug-likeness (QED) is 0.661. The van der Waals surface area contributed by atoms with Gasteiger partial charge in [-0.1, -0.05) is 42.8 Å². The van der Waals surface area contributed by atoms with Crippen molar-refractivity contribution >= 4 is 23.0 Å². The highest BCUT2D eigenvalue weighted by Gasteiger charge is 2.24. The van der Waals surface area contributed by atoms with Gasteiger partial charge in [0.1, 0.15) is 0 Å². The maximum Gasteiger partial charge on any atom is 0.223 e. The van der Waals surface area contributed by atoms with E-state index in [0.29, 0.717) is 25.3 Å². The minimum atomic E-state index is 0.0710. The highest BCUT2D eigenvalue weighted by atomic mass is 32.1. The van der Waals surface area contributed by atoms with Crippen molar-refractivity contribution in [2.75, 3.05) is 6.54 Å². The maximum atomic E-state index is 12.7. The van der Waals surface area contributed by atoms with Crippen LogP contribution in [-0.4, -0.2) is 23.1 Å². The summed E-state index contributed by atoms with van der Waals surface area (Å²) in [7, 11) is 0. The SMILES string of the molecule is O=C(CCC(=O)N(Cc1ccccc1)CC1CCC1)c1cccs1. The molecule has 0 unspecified atom stereocenters. The third-order valence-electron chi connectivity index (χ3n) is 4.63. The van der Waals surface area contributed by atoms with Crippen molar-refractivity contribution in [3.63, 3.8) is 0 Å². The van der Waals surface area contributed by atoms with E-state index in [9.17, 15) is 9.59 Å². The molecule has 0 atom stereocenters. The van der Waals surface area contributed by atoms with Crippen molar-refractivity contribution in [3.8, 4) is 0 Å². The molecule has 2 aromatic rings. The zero-order valence-electron chi connectivity index (χ0n) is 13.8. The zero-order valence-corrected chi connectivity index (χ0v) is 14.6. The van der Waals surface area contributed by atoms with Gasteiger partial charge in [-0.25, -0.2) is 0 Å². The van der Waals surface area contributed by atoms with Gasteiger partial charge in [0.05, 0.1) is 4.88 Å². The number of ketones is 1. The summed E-state index contributed by atoms with van der Waals surface area (Å²) in [5.74, 6) is 0.794. The average Bonchev–Trinajstić information content (AvgIpc) is 3.10. The van der Waals surface area contributed by atoms with Crippen molar-refractivity contribution in [3.05, 3.63) is 58.3 Å². The molecule has 0 bridgehead atoms. The second-order valence-corrected chi connectivity index (χ2v) is 7.40. The van der Waals surface area contributed by atoms with Gasteiger partial charge in [0.2, 0.25) is 5.91 Å². The molecule has 0 radical (unpaired) electrons. The van der Waals surface area contributed by atoms with E-state index in [0.717, 1.165) is 17.0 Å². The number of hydrogen-bond donors (Lipinski definition) is 0. The predicted molar refractivity (Wildman–Crippen MR) is 97.1 cm³/mol. The number of carbonyl (C=O) groups is 2. The maximum absolute atomic E-state index is 12.7. The van der Waals surface area contributed by atoms with Crippen molar-refractivity contribution in [1.82, 2.24) is 4.90 Å². The number of nitrogens with zero attached hydrogens (tertiary/aromatic N) is 1. The van der Waals surface area contributed by atoms with Crippen LogP contribution in [0, 0.1) is 5.92 Å². The van der Waals surface area contributed by atoms with Gasteiger partial charge in [-0.15, -0.1) is 11.3 Å². The number of thiophene rings is 1. The van der Waals surface area contributed by atoms with Gasteiger partial charge in [-0.3, -0.25) is 9.59 Å². The molecule has 1 aromatic carbocycles. The van der Waals surface area contributed by atoms with E-state index in [1.54, 1.807) is 0 Å². The molecule has 1 aliphatic carbocycles. The Morgan fingerprint density at radius 2 is 1.83 bits per heavy atom. The molecule has 1 aromatic heterocycles. The molecular formula is C20H23NO2S. The summed E-state index contributed by atoms with van der Waals surface area (Å²) in [5.41, 5.74) is 1.15. The van der Waals surface area contributed by atoms with E-state index < -0.39 is 0 Å². The lowest BCUT2D eigenvalue weighted by Crippen LogP contribution is -2.37. The summed E-state index contributed by atoms with van der Waals surface area (Å²) in [6.45, 7) is 1.46. The first-order valence-electron chi connectivity index (χ1n) is 8.61. The molecule has 3 rings (SSSR count). The van der Waals surface area contributed by atoms with E-state index in [-0.39, 0.29) is 11.7 Å². The fraction of sp³-hybridized carbons (Fsp3) is 0.400. The Bertz CT molecular complexity index is 662. The van der Waals surface area contributed by atoms with E-state index in [2.05, 4.69) is 12.1 Å². The molecule has 0 spiro atoms. The van der Waals surface area contributed by atoms with Crippen LogP contribution in [0.3, 0.4) is 0 Å². The summed E-state index contributed by atoms with van der Waals surface area (Å²) < 4.78 is 0. The lowest BCUT2D eigenvalue weighted by atomic mass is 9.85. The van der Waals surface area contributed by atoms with E-state index in [1.165, 1.54) is 30.6 Å². The van der Waals surface area contributed by atoms with Gasteiger partial charge in [0, 0.05) is 25.9 Å². The van der Waals surface area contributed by atoms with E-state index >= 15 is 0 Å². The van der Waals surface area contributed by atoms with Crippen LogP contribution < -0.4 is 0 Å². The van der Waals surface area contributed by atoms with Crippen molar-refractivity contribution in [2.45, 2.75) is 38.6 Å². The normalized spacial score (nSPS) is 14.2. The second-order valence-electron chi connectivity index (χ2n) is 6.46. The number of Topliss-reactive ketones (excluding diaryl/α,β-unsaturated/α-hetero) is 1. The van der Waals surface area contributed by atoms with Gasteiger partial charge in [-0.2, -0.15) is 0 Å². The highest BCUT2D eigenvalue weighted by Crippen LogP contribution is 2.28. The molecule has 24 heavy (non-hydrogen) atoms.